The summed E-state index contributed by atoms with van der Waals surface area (Å²) in [6.45, 7) is 13.0. The quantitative estimate of drug-likeness (QED) is 0.635. The van der Waals surface area contributed by atoms with Gasteiger partial charge in [0.05, 0.1) is 0 Å². The number of thioether (sulfide) groups is 1. The van der Waals surface area contributed by atoms with E-state index < -0.39 is 6.04 Å². The lowest BCUT2D eigenvalue weighted by Gasteiger charge is -2.09. The second-order valence-corrected chi connectivity index (χ2v) is 4.23. The number of hydrogen-bond donors (Lipinski definition) is 0. The first-order valence-electron chi connectivity index (χ1n) is 4.70. The zero-order chi connectivity index (χ0) is 10.3. The number of hydrogen-bond acceptors (Lipinski definition) is 2. The van der Waals surface area contributed by atoms with Crippen molar-refractivity contribution in [3.63, 3.8) is 0 Å². The minimum Gasteiger partial charge on any atom is -0.304 e. The molecule has 1 unspecified atom stereocenters. The first kappa shape index (κ1) is 12.5. The number of carbonyl (C=O) groups excluding carboxylic acids is 1. The van der Waals surface area contributed by atoms with Crippen molar-refractivity contribution in [2.75, 3.05) is 5.75 Å². The van der Waals surface area contributed by atoms with E-state index in [4.69, 9.17) is 6.57 Å². The number of carbonyl (C=O) groups is 1. The highest BCUT2D eigenvalue weighted by Gasteiger charge is 2.28. The minimum absolute atomic E-state index is 0.0474. The minimum atomic E-state index is -0.429. The molecule has 0 heterocycles. The van der Waals surface area contributed by atoms with Gasteiger partial charge in [0.2, 0.25) is 0 Å². The molecule has 0 N–H and O–H groups in total. The van der Waals surface area contributed by atoms with Gasteiger partial charge in [-0.3, -0.25) is 4.79 Å². The Hall–Kier alpha value is -0.490. The van der Waals surface area contributed by atoms with Gasteiger partial charge in [-0.2, -0.15) is 0 Å². The summed E-state index contributed by atoms with van der Waals surface area (Å²) in [5.41, 5.74) is 0. The lowest BCUT2D eigenvalue weighted by atomic mass is 10.0. The predicted molar refractivity (Wildman–Crippen MR) is 57.6 cm³/mol. The molecule has 0 aliphatic carbocycles. The second-order valence-electron chi connectivity index (χ2n) is 3.13. The zero-order valence-electron chi connectivity index (χ0n) is 8.54. The summed E-state index contributed by atoms with van der Waals surface area (Å²) in [4.78, 5) is 14.9. The Kier molecular flexibility index (Phi) is 6.70. The number of rotatable bonds is 5. The van der Waals surface area contributed by atoms with E-state index in [1.54, 1.807) is 0 Å². The molecule has 0 aromatic heterocycles. The summed E-state index contributed by atoms with van der Waals surface area (Å²) in [5, 5.41) is 0.0474. The summed E-state index contributed by atoms with van der Waals surface area (Å²) >= 11 is 1.30. The topological polar surface area (TPSA) is 21.4 Å². The van der Waals surface area contributed by atoms with E-state index in [9.17, 15) is 4.79 Å². The molecule has 0 fully saturated rings. The summed E-state index contributed by atoms with van der Waals surface area (Å²) in [7, 11) is 0. The fourth-order valence-electron chi connectivity index (χ4n) is 0.924. The van der Waals surface area contributed by atoms with Crippen LogP contribution in [0.4, 0.5) is 0 Å². The Morgan fingerprint density at radius 3 is 2.54 bits per heavy atom. The largest absolute Gasteiger partial charge is 0.304 e. The van der Waals surface area contributed by atoms with Gasteiger partial charge in [-0.1, -0.05) is 32.5 Å². The highest BCUT2D eigenvalue weighted by atomic mass is 32.2. The molecule has 0 aromatic carbocycles. The third-order valence-corrected chi connectivity index (χ3v) is 3.15. The van der Waals surface area contributed by atoms with E-state index in [2.05, 4.69) is 4.85 Å². The average molecular weight is 199 g/mol. The van der Waals surface area contributed by atoms with Crippen LogP contribution in [-0.2, 0) is 4.79 Å². The summed E-state index contributed by atoms with van der Waals surface area (Å²) in [5.74, 6) is 1.02. The monoisotopic (exact) mass is 199 g/mol. The first-order valence-corrected chi connectivity index (χ1v) is 5.69. The molecule has 13 heavy (non-hydrogen) atoms. The molecule has 2 nitrogen and oxygen atoms in total. The van der Waals surface area contributed by atoms with E-state index in [-0.39, 0.29) is 11.0 Å². The molecule has 0 spiro atoms. The molecular formula is C10H17NOS. The third-order valence-electron chi connectivity index (χ3n) is 2.01. The standard InChI is InChI=1S/C10H17NOS/c1-5-7-13-10(12)9(11-4)8(3)6-2/h8-9H,5-7H2,1-3H3/t8?,9-/m0/s1. The molecule has 0 saturated carbocycles. The molecule has 0 radical (unpaired) electrons. The van der Waals surface area contributed by atoms with Gasteiger partial charge in [-0.05, 0) is 12.8 Å². The summed E-state index contributed by atoms with van der Waals surface area (Å²) in [6.07, 6.45) is 1.88. The van der Waals surface area contributed by atoms with Crippen molar-refractivity contribution in [2.45, 2.75) is 39.7 Å². The van der Waals surface area contributed by atoms with Crippen LogP contribution in [0.5, 0.6) is 0 Å². The highest BCUT2D eigenvalue weighted by molar-refractivity contribution is 8.13. The van der Waals surface area contributed by atoms with Gasteiger partial charge in [-0.25, -0.2) is 6.57 Å². The fraction of sp³-hybridized carbons (Fsp3) is 0.800. The van der Waals surface area contributed by atoms with Gasteiger partial charge in [-0.15, -0.1) is 0 Å². The molecule has 0 aliphatic rings. The Morgan fingerprint density at radius 1 is 1.54 bits per heavy atom. The molecule has 3 heteroatoms. The van der Waals surface area contributed by atoms with Crippen LogP contribution in [0.3, 0.4) is 0 Å². The predicted octanol–water partition coefficient (Wildman–Crippen LogP) is 2.99. The van der Waals surface area contributed by atoms with Gasteiger partial charge in [0.1, 0.15) is 0 Å². The van der Waals surface area contributed by atoms with Crippen LogP contribution >= 0.6 is 11.8 Å². The molecule has 0 aliphatic heterocycles. The Bertz CT molecular complexity index is 198. The fourth-order valence-corrected chi connectivity index (χ4v) is 1.78. The van der Waals surface area contributed by atoms with Crippen LogP contribution in [0, 0.1) is 12.5 Å². The van der Waals surface area contributed by atoms with Crippen molar-refractivity contribution in [3.8, 4) is 0 Å². The maximum atomic E-state index is 11.5. The van der Waals surface area contributed by atoms with Crippen molar-refractivity contribution < 1.29 is 4.79 Å². The first-order chi connectivity index (χ1) is 6.17. The van der Waals surface area contributed by atoms with E-state index >= 15 is 0 Å². The SMILES string of the molecule is [C-]#[N+][C@H](C(=O)SCCC)C(C)CC. The van der Waals surface area contributed by atoms with Crippen LogP contribution < -0.4 is 0 Å². The third kappa shape index (κ3) is 4.33. The number of nitrogens with zero attached hydrogens (tertiary/aromatic N) is 1. The summed E-state index contributed by atoms with van der Waals surface area (Å²) in [6, 6.07) is -0.429. The van der Waals surface area contributed by atoms with Crippen LogP contribution in [0.25, 0.3) is 4.85 Å². The maximum absolute atomic E-state index is 11.5. The zero-order valence-corrected chi connectivity index (χ0v) is 9.36. The normalized spacial score (nSPS) is 14.6. The molecule has 0 saturated heterocycles. The lowest BCUT2D eigenvalue weighted by Crippen LogP contribution is -2.22. The lowest BCUT2D eigenvalue weighted by molar-refractivity contribution is -0.112. The van der Waals surface area contributed by atoms with Crippen molar-refractivity contribution in [3.05, 3.63) is 11.4 Å². The van der Waals surface area contributed by atoms with Crippen LogP contribution in [-0.4, -0.2) is 16.9 Å². The Morgan fingerprint density at radius 2 is 2.15 bits per heavy atom. The van der Waals surface area contributed by atoms with Gasteiger partial charge < -0.3 is 4.85 Å². The second kappa shape index (κ2) is 6.97. The van der Waals surface area contributed by atoms with Crippen LogP contribution in [0.2, 0.25) is 0 Å². The Labute approximate surface area is 84.9 Å². The van der Waals surface area contributed by atoms with Crippen LogP contribution in [0.15, 0.2) is 0 Å². The maximum Gasteiger partial charge on any atom is 0.293 e. The molecule has 2 atom stereocenters. The van der Waals surface area contributed by atoms with E-state index in [0.717, 1.165) is 18.6 Å². The van der Waals surface area contributed by atoms with Crippen molar-refractivity contribution in [2.24, 2.45) is 5.92 Å². The molecule has 74 valence electrons. The average Bonchev–Trinajstić information content (AvgIpc) is 2.15. The van der Waals surface area contributed by atoms with E-state index in [0.29, 0.717) is 0 Å². The van der Waals surface area contributed by atoms with Gasteiger partial charge in [0, 0.05) is 11.7 Å². The molecule has 0 amide bonds. The molecular weight excluding hydrogens is 182 g/mol. The van der Waals surface area contributed by atoms with Gasteiger partial charge >= 0.3 is 0 Å². The van der Waals surface area contributed by atoms with E-state index in [1.807, 2.05) is 20.8 Å². The molecule has 0 aromatic rings. The van der Waals surface area contributed by atoms with Crippen molar-refractivity contribution >= 4 is 16.9 Å². The molecule has 0 rings (SSSR count). The smallest absolute Gasteiger partial charge is 0.293 e. The van der Waals surface area contributed by atoms with Crippen molar-refractivity contribution in [1.82, 2.24) is 0 Å². The van der Waals surface area contributed by atoms with E-state index in [1.165, 1.54) is 11.8 Å². The van der Waals surface area contributed by atoms with Gasteiger partial charge in [0.15, 0.2) is 0 Å². The van der Waals surface area contributed by atoms with Crippen molar-refractivity contribution in [1.29, 1.82) is 0 Å². The highest BCUT2D eigenvalue weighted by Crippen LogP contribution is 2.18. The molecule has 0 bridgehead atoms. The summed E-state index contributed by atoms with van der Waals surface area (Å²) < 4.78 is 0. The van der Waals surface area contributed by atoms with Gasteiger partial charge in [0.25, 0.3) is 11.2 Å². The van der Waals surface area contributed by atoms with Crippen LogP contribution in [0.1, 0.15) is 33.6 Å². The Balaban J connectivity index is 4.09.